The van der Waals surface area contributed by atoms with Gasteiger partial charge in [0.05, 0.1) is 0 Å². The maximum absolute atomic E-state index is 4.26. The molecule has 0 rings (SSSR count). The average molecular weight is 357 g/mol. The third-order valence-electron chi connectivity index (χ3n) is 5.26. The third-order valence-corrected chi connectivity index (χ3v) is 5.58. The van der Waals surface area contributed by atoms with Crippen molar-refractivity contribution >= 4 is 12.6 Å². The Morgan fingerprint density at radius 3 is 0.750 bits per heavy atom. The first kappa shape index (κ1) is 24.4. The minimum Gasteiger partial charge on any atom is -0.179 e. The molecule has 0 atom stereocenters. The summed E-state index contributed by atoms with van der Waals surface area (Å²) >= 11 is 4.26. The molecule has 0 aromatic carbocycles. The number of thiol groups is 1. The van der Waals surface area contributed by atoms with Gasteiger partial charge in [-0.25, -0.2) is 0 Å². The van der Waals surface area contributed by atoms with Gasteiger partial charge in [0.1, 0.15) is 0 Å². The second-order valence-corrected chi connectivity index (χ2v) is 8.24. The van der Waals surface area contributed by atoms with Crippen LogP contribution in [-0.4, -0.2) is 5.75 Å². The van der Waals surface area contributed by atoms with E-state index in [2.05, 4.69) is 19.6 Å². The number of rotatable bonds is 21. The minimum atomic E-state index is 1.07. The van der Waals surface area contributed by atoms with Gasteiger partial charge in [0.15, 0.2) is 0 Å². The van der Waals surface area contributed by atoms with E-state index in [1.165, 1.54) is 135 Å². The lowest BCUT2D eigenvalue weighted by atomic mass is 10.0. The maximum Gasteiger partial charge on any atom is -0.00979 e. The molecule has 0 aromatic heterocycles. The molecular weight excluding hydrogens is 308 g/mol. The van der Waals surface area contributed by atoms with E-state index in [1.54, 1.807) is 0 Å². The fourth-order valence-electron chi connectivity index (χ4n) is 3.54. The minimum absolute atomic E-state index is 1.07. The van der Waals surface area contributed by atoms with Crippen LogP contribution in [0.4, 0.5) is 0 Å². The van der Waals surface area contributed by atoms with E-state index in [-0.39, 0.29) is 0 Å². The highest BCUT2D eigenvalue weighted by Crippen LogP contribution is 2.15. The van der Waals surface area contributed by atoms with Crippen LogP contribution in [-0.2, 0) is 0 Å². The normalized spacial score (nSPS) is 11.2. The molecule has 24 heavy (non-hydrogen) atoms. The van der Waals surface area contributed by atoms with Gasteiger partial charge < -0.3 is 0 Å². The third kappa shape index (κ3) is 22.4. The van der Waals surface area contributed by atoms with Crippen LogP contribution in [0.5, 0.6) is 0 Å². The lowest BCUT2D eigenvalue weighted by Gasteiger charge is -2.04. The molecule has 1 heteroatoms. The van der Waals surface area contributed by atoms with Crippen LogP contribution < -0.4 is 0 Å². The highest BCUT2D eigenvalue weighted by atomic mass is 32.1. The Hall–Kier alpha value is 0.350. The van der Waals surface area contributed by atoms with Crippen LogP contribution in [0, 0.1) is 0 Å². The van der Waals surface area contributed by atoms with Crippen molar-refractivity contribution in [1.82, 2.24) is 0 Å². The van der Waals surface area contributed by atoms with Gasteiger partial charge in [-0.05, 0) is 12.2 Å². The summed E-state index contributed by atoms with van der Waals surface area (Å²) in [6, 6.07) is 0. The van der Waals surface area contributed by atoms with Crippen LogP contribution in [0.1, 0.15) is 142 Å². The van der Waals surface area contributed by atoms with Crippen molar-refractivity contribution in [3.8, 4) is 0 Å². The average Bonchev–Trinajstić information content (AvgIpc) is 2.60. The number of unbranched alkanes of at least 4 members (excludes halogenated alkanes) is 20. The first-order chi connectivity index (χ1) is 11.9. The lowest BCUT2D eigenvalue weighted by Crippen LogP contribution is -1.84. The Labute approximate surface area is 160 Å². The maximum atomic E-state index is 4.26. The Bertz CT molecular complexity index is 180. The fraction of sp³-hybridized carbons (Fsp3) is 1.00. The van der Waals surface area contributed by atoms with Gasteiger partial charge in [-0.1, -0.05) is 135 Å². The van der Waals surface area contributed by atoms with Crippen molar-refractivity contribution in [3.63, 3.8) is 0 Å². The Balaban J connectivity index is 2.93. The predicted octanol–water partition coefficient (Wildman–Crippen LogP) is 9.13. The molecule has 0 saturated heterocycles. The summed E-state index contributed by atoms with van der Waals surface area (Å²) in [5.41, 5.74) is 0. The summed E-state index contributed by atoms with van der Waals surface area (Å²) in [6.07, 6.45) is 30.6. The molecule has 0 unspecified atom stereocenters. The number of hydrogen-bond acceptors (Lipinski definition) is 1. The SMILES string of the molecule is CCCCCCCCCCCCCCCCCCCCCCCS. The standard InChI is InChI=1S/C23H48S/c1-2-3-4-5-6-7-8-9-10-11-12-13-14-15-16-17-18-19-20-21-22-23-24/h24H,2-23H2,1H3. The summed E-state index contributed by atoms with van der Waals surface area (Å²) in [5, 5.41) is 0. The van der Waals surface area contributed by atoms with Gasteiger partial charge in [0.25, 0.3) is 0 Å². The first-order valence-electron chi connectivity index (χ1n) is 11.5. The zero-order valence-electron chi connectivity index (χ0n) is 17.0. The topological polar surface area (TPSA) is 0 Å². The molecule has 0 bridgehead atoms. The molecule has 0 saturated carbocycles. The van der Waals surface area contributed by atoms with Gasteiger partial charge in [-0.2, -0.15) is 12.6 Å². The second-order valence-electron chi connectivity index (χ2n) is 7.79. The van der Waals surface area contributed by atoms with Gasteiger partial charge in [-0.3, -0.25) is 0 Å². The summed E-state index contributed by atoms with van der Waals surface area (Å²) in [5.74, 6) is 1.07. The largest absolute Gasteiger partial charge is 0.179 e. The van der Waals surface area contributed by atoms with Crippen molar-refractivity contribution in [3.05, 3.63) is 0 Å². The van der Waals surface area contributed by atoms with Gasteiger partial charge in [-0.15, -0.1) is 0 Å². The van der Waals surface area contributed by atoms with Crippen LogP contribution in [0.25, 0.3) is 0 Å². The van der Waals surface area contributed by atoms with E-state index in [1.807, 2.05) is 0 Å². The van der Waals surface area contributed by atoms with E-state index >= 15 is 0 Å². The Morgan fingerprint density at radius 1 is 0.333 bits per heavy atom. The molecule has 0 aromatic rings. The molecule has 0 fully saturated rings. The van der Waals surface area contributed by atoms with E-state index in [9.17, 15) is 0 Å². The van der Waals surface area contributed by atoms with Gasteiger partial charge in [0, 0.05) is 0 Å². The van der Waals surface area contributed by atoms with Gasteiger partial charge >= 0.3 is 0 Å². The second kappa shape index (κ2) is 23.4. The van der Waals surface area contributed by atoms with Crippen molar-refractivity contribution in [2.24, 2.45) is 0 Å². The zero-order chi connectivity index (χ0) is 17.6. The summed E-state index contributed by atoms with van der Waals surface area (Å²) in [4.78, 5) is 0. The Kier molecular flexibility index (Phi) is 23.7. The molecule has 146 valence electrons. The monoisotopic (exact) mass is 356 g/mol. The van der Waals surface area contributed by atoms with Crippen LogP contribution in [0.3, 0.4) is 0 Å². The lowest BCUT2D eigenvalue weighted by molar-refractivity contribution is 0.521. The zero-order valence-corrected chi connectivity index (χ0v) is 17.9. The summed E-state index contributed by atoms with van der Waals surface area (Å²) in [6.45, 7) is 2.30. The van der Waals surface area contributed by atoms with Crippen molar-refractivity contribution in [2.45, 2.75) is 142 Å². The summed E-state index contributed by atoms with van der Waals surface area (Å²) < 4.78 is 0. The Morgan fingerprint density at radius 2 is 0.542 bits per heavy atom. The van der Waals surface area contributed by atoms with Crippen molar-refractivity contribution in [1.29, 1.82) is 0 Å². The van der Waals surface area contributed by atoms with E-state index in [0.717, 1.165) is 5.75 Å². The molecule has 0 aliphatic carbocycles. The van der Waals surface area contributed by atoms with Crippen molar-refractivity contribution in [2.75, 3.05) is 5.75 Å². The molecule has 0 aliphatic rings. The predicted molar refractivity (Wildman–Crippen MR) is 116 cm³/mol. The molecule has 0 spiro atoms. The fourth-order valence-corrected chi connectivity index (χ4v) is 3.77. The van der Waals surface area contributed by atoms with E-state index < -0.39 is 0 Å². The van der Waals surface area contributed by atoms with Crippen molar-refractivity contribution < 1.29 is 0 Å². The van der Waals surface area contributed by atoms with E-state index in [4.69, 9.17) is 0 Å². The van der Waals surface area contributed by atoms with Crippen LogP contribution >= 0.6 is 12.6 Å². The first-order valence-corrected chi connectivity index (χ1v) is 12.2. The molecule has 0 aliphatic heterocycles. The highest BCUT2D eigenvalue weighted by molar-refractivity contribution is 7.80. The van der Waals surface area contributed by atoms with E-state index in [0.29, 0.717) is 0 Å². The van der Waals surface area contributed by atoms with Crippen LogP contribution in [0.15, 0.2) is 0 Å². The molecule has 0 radical (unpaired) electrons. The summed E-state index contributed by atoms with van der Waals surface area (Å²) in [7, 11) is 0. The highest BCUT2D eigenvalue weighted by Gasteiger charge is 1.95. The smallest absolute Gasteiger partial charge is 0.00979 e. The molecule has 0 N–H and O–H groups in total. The quantitative estimate of drug-likeness (QED) is 0.154. The number of hydrogen-bond donors (Lipinski definition) is 1. The molecular formula is C23H48S. The molecule has 0 amide bonds. The molecule has 0 nitrogen and oxygen atoms in total. The van der Waals surface area contributed by atoms with Gasteiger partial charge in [0.2, 0.25) is 0 Å². The molecule has 0 heterocycles. The van der Waals surface area contributed by atoms with Crippen LogP contribution in [0.2, 0.25) is 0 Å².